The minimum absolute atomic E-state index is 0.0857. The van der Waals surface area contributed by atoms with Gasteiger partial charge in [0.2, 0.25) is 0 Å². The maximum absolute atomic E-state index is 14.9. The lowest BCUT2D eigenvalue weighted by atomic mass is 10.0. The Morgan fingerprint density at radius 3 is 2.80 bits per heavy atom. The molecule has 4 rings (SSSR count). The third-order valence-electron chi connectivity index (χ3n) is 4.96. The predicted molar refractivity (Wildman–Crippen MR) is 110 cm³/mol. The van der Waals surface area contributed by atoms with Crippen molar-refractivity contribution < 1.29 is 23.4 Å². The molecule has 0 amide bonds. The number of carbonyl (C=O) groups is 1. The van der Waals surface area contributed by atoms with E-state index in [1.54, 1.807) is 6.07 Å². The van der Waals surface area contributed by atoms with Crippen LogP contribution in [0.1, 0.15) is 23.7 Å². The number of hydrogen-bond acceptors (Lipinski definition) is 7. The monoisotopic (exact) mass is 411 g/mol. The highest BCUT2D eigenvalue weighted by Crippen LogP contribution is 2.37. The lowest BCUT2D eigenvalue weighted by Gasteiger charge is -2.17. The van der Waals surface area contributed by atoms with E-state index in [-0.39, 0.29) is 24.1 Å². The van der Waals surface area contributed by atoms with E-state index in [4.69, 9.17) is 14.2 Å². The zero-order valence-electron chi connectivity index (χ0n) is 16.6. The molecule has 1 aliphatic heterocycles. The van der Waals surface area contributed by atoms with E-state index >= 15 is 0 Å². The first-order chi connectivity index (χ1) is 14.7. The third kappa shape index (κ3) is 3.96. The molecule has 1 saturated heterocycles. The Balaban J connectivity index is 1.81. The van der Waals surface area contributed by atoms with E-state index in [1.165, 1.54) is 6.07 Å². The van der Waals surface area contributed by atoms with Crippen molar-refractivity contribution >= 4 is 22.9 Å². The Bertz CT molecular complexity index is 1050. The first-order valence-electron chi connectivity index (χ1n) is 9.81. The summed E-state index contributed by atoms with van der Waals surface area (Å²) in [5.74, 6) is -0.192. The van der Waals surface area contributed by atoms with Gasteiger partial charge in [-0.05, 0) is 25.5 Å². The van der Waals surface area contributed by atoms with Crippen LogP contribution in [0.4, 0.5) is 10.2 Å². The lowest BCUT2D eigenvalue weighted by Crippen LogP contribution is -2.20. The number of hydrogen-bond donors (Lipinski definition) is 1. The summed E-state index contributed by atoms with van der Waals surface area (Å²) in [5.41, 5.74) is 0.765. The molecule has 3 aromatic rings. The Morgan fingerprint density at radius 1 is 1.23 bits per heavy atom. The highest BCUT2D eigenvalue weighted by Gasteiger charge is 2.22. The van der Waals surface area contributed by atoms with Crippen LogP contribution in [0.5, 0.6) is 5.75 Å². The molecule has 0 aliphatic carbocycles. The van der Waals surface area contributed by atoms with Gasteiger partial charge in [0.15, 0.2) is 30.5 Å². The summed E-state index contributed by atoms with van der Waals surface area (Å²) in [6.45, 7) is 3.41. The van der Waals surface area contributed by atoms with Crippen molar-refractivity contribution in [3.8, 4) is 17.0 Å². The Hall–Kier alpha value is -3.10. The van der Waals surface area contributed by atoms with Crippen LogP contribution in [-0.4, -0.2) is 49.1 Å². The summed E-state index contributed by atoms with van der Waals surface area (Å²) < 4.78 is 31.1. The highest BCUT2D eigenvalue weighted by atomic mass is 19.1. The van der Waals surface area contributed by atoms with Gasteiger partial charge in [-0.15, -0.1) is 10.2 Å². The zero-order chi connectivity index (χ0) is 20.9. The molecule has 7 nitrogen and oxygen atoms in total. The number of aldehydes is 1. The average Bonchev–Trinajstić information content (AvgIpc) is 3.28. The van der Waals surface area contributed by atoms with Gasteiger partial charge in [0.25, 0.3) is 0 Å². The molecule has 8 heteroatoms. The van der Waals surface area contributed by atoms with Crippen LogP contribution in [0, 0.1) is 5.82 Å². The van der Waals surface area contributed by atoms with Gasteiger partial charge in [-0.25, -0.2) is 4.39 Å². The maximum atomic E-state index is 14.9. The van der Waals surface area contributed by atoms with Crippen LogP contribution in [0.15, 0.2) is 36.4 Å². The number of anilines is 1. The second-order valence-corrected chi connectivity index (χ2v) is 6.87. The van der Waals surface area contributed by atoms with Gasteiger partial charge in [-0.1, -0.05) is 24.3 Å². The minimum Gasteiger partial charge on any atom is -0.464 e. The predicted octanol–water partition coefficient (Wildman–Crippen LogP) is 3.82. The molecule has 1 N–H and O–H groups in total. The van der Waals surface area contributed by atoms with Crippen molar-refractivity contribution in [1.82, 2.24) is 10.2 Å². The van der Waals surface area contributed by atoms with Crippen molar-refractivity contribution in [2.45, 2.75) is 19.4 Å². The number of nitrogens with zero attached hydrogens (tertiary/aromatic N) is 2. The molecule has 156 valence electrons. The third-order valence-corrected chi connectivity index (χ3v) is 4.96. The van der Waals surface area contributed by atoms with Gasteiger partial charge in [0.1, 0.15) is 5.69 Å². The molecule has 0 saturated carbocycles. The van der Waals surface area contributed by atoms with Crippen LogP contribution >= 0.6 is 0 Å². The largest absolute Gasteiger partial charge is 0.464 e. The summed E-state index contributed by atoms with van der Waals surface area (Å²) in [5, 5.41) is 13.8. The number of ether oxygens (including phenoxy) is 3. The van der Waals surface area contributed by atoms with Crippen molar-refractivity contribution in [3.63, 3.8) is 0 Å². The second-order valence-electron chi connectivity index (χ2n) is 6.87. The molecule has 0 unspecified atom stereocenters. The van der Waals surface area contributed by atoms with E-state index in [0.717, 1.165) is 17.2 Å². The summed E-state index contributed by atoms with van der Waals surface area (Å²) in [7, 11) is 0. The summed E-state index contributed by atoms with van der Waals surface area (Å²) in [6, 6.07) is 10.8. The number of fused-ring (bicyclic) bond motifs is 1. The Kier molecular flexibility index (Phi) is 6.15. The van der Waals surface area contributed by atoms with Gasteiger partial charge in [0, 0.05) is 29.5 Å². The van der Waals surface area contributed by atoms with E-state index in [0.29, 0.717) is 43.2 Å². The molecule has 0 radical (unpaired) electrons. The number of nitrogens with one attached hydrogen (secondary N) is 1. The standard InChI is InChI=1S/C22H22FN3O4/c1-2-28-13-30-21-18(8-7-14(11-27)19(21)23)20-16-5-3-4-6-17(16)22(26-25-20)24-15-9-10-29-12-15/h3-8,11,15H,2,9-10,12-13H2,1H3,(H,24,26)/t15-/m1/s1. The summed E-state index contributed by atoms with van der Waals surface area (Å²) >= 11 is 0. The number of rotatable bonds is 8. The molecule has 2 heterocycles. The quantitative estimate of drug-likeness (QED) is 0.343. The molecular weight excluding hydrogens is 389 g/mol. The topological polar surface area (TPSA) is 82.6 Å². The van der Waals surface area contributed by atoms with Crippen LogP contribution in [-0.2, 0) is 9.47 Å². The first kappa shape index (κ1) is 20.2. The zero-order valence-corrected chi connectivity index (χ0v) is 16.6. The van der Waals surface area contributed by atoms with E-state index in [2.05, 4.69) is 15.5 Å². The summed E-state index contributed by atoms with van der Waals surface area (Å²) in [6.07, 6.45) is 1.35. The SMILES string of the molecule is CCOCOc1c(-c2nnc(N[C@@H]3CCOC3)c3ccccc23)ccc(C=O)c1F. The van der Waals surface area contributed by atoms with E-state index in [1.807, 2.05) is 31.2 Å². The summed E-state index contributed by atoms with van der Waals surface area (Å²) in [4.78, 5) is 11.2. The molecule has 1 atom stereocenters. The molecule has 1 aliphatic rings. The molecular formula is C22H22FN3O4. The number of benzene rings is 2. The van der Waals surface area contributed by atoms with Crippen LogP contribution < -0.4 is 10.1 Å². The first-order valence-corrected chi connectivity index (χ1v) is 9.81. The van der Waals surface area contributed by atoms with Crippen LogP contribution in [0.25, 0.3) is 22.0 Å². The average molecular weight is 411 g/mol. The van der Waals surface area contributed by atoms with Gasteiger partial charge in [-0.3, -0.25) is 4.79 Å². The second kappa shape index (κ2) is 9.15. The fourth-order valence-electron chi connectivity index (χ4n) is 3.42. The smallest absolute Gasteiger partial charge is 0.189 e. The van der Waals surface area contributed by atoms with Crippen molar-refractivity contribution in [2.24, 2.45) is 0 Å². The fourth-order valence-corrected chi connectivity index (χ4v) is 3.42. The Morgan fingerprint density at radius 2 is 2.07 bits per heavy atom. The van der Waals surface area contributed by atoms with Crippen molar-refractivity contribution in [2.75, 3.05) is 31.9 Å². The van der Waals surface area contributed by atoms with E-state index in [9.17, 15) is 9.18 Å². The van der Waals surface area contributed by atoms with Gasteiger partial charge >= 0.3 is 0 Å². The molecule has 0 spiro atoms. The van der Waals surface area contributed by atoms with Gasteiger partial charge < -0.3 is 19.5 Å². The molecule has 30 heavy (non-hydrogen) atoms. The normalized spacial score (nSPS) is 16.0. The number of aromatic nitrogens is 2. The minimum atomic E-state index is -0.751. The Labute approximate surface area is 173 Å². The van der Waals surface area contributed by atoms with E-state index < -0.39 is 5.82 Å². The highest BCUT2D eigenvalue weighted by molar-refractivity contribution is 6.01. The van der Waals surface area contributed by atoms with Gasteiger partial charge in [-0.2, -0.15) is 0 Å². The fraction of sp³-hybridized carbons (Fsp3) is 0.318. The lowest BCUT2D eigenvalue weighted by molar-refractivity contribution is 0.0204. The van der Waals surface area contributed by atoms with Gasteiger partial charge in [0.05, 0.1) is 18.2 Å². The van der Waals surface area contributed by atoms with Crippen molar-refractivity contribution in [1.29, 1.82) is 0 Å². The number of halogens is 1. The van der Waals surface area contributed by atoms with Crippen LogP contribution in [0.2, 0.25) is 0 Å². The molecule has 0 bridgehead atoms. The van der Waals surface area contributed by atoms with Crippen molar-refractivity contribution in [3.05, 3.63) is 47.8 Å². The molecule has 1 aromatic heterocycles. The van der Waals surface area contributed by atoms with Crippen LogP contribution in [0.3, 0.4) is 0 Å². The molecule has 1 fully saturated rings. The molecule has 2 aromatic carbocycles. The maximum Gasteiger partial charge on any atom is 0.189 e. The number of carbonyl (C=O) groups excluding carboxylic acids is 1.